The zero-order valence-corrected chi connectivity index (χ0v) is 19.5. The van der Waals surface area contributed by atoms with Gasteiger partial charge in [-0.2, -0.15) is 0 Å². The number of carbonyl (C=O) groups is 2. The Hall–Kier alpha value is -2.15. The molecule has 0 spiro atoms. The third-order valence-electron chi connectivity index (χ3n) is 7.13. The second-order valence-corrected chi connectivity index (χ2v) is 9.31. The number of methoxy groups -OCH3 is 2. The van der Waals surface area contributed by atoms with Crippen LogP contribution in [0.1, 0.15) is 81.6 Å². The van der Waals surface area contributed by atoms with E-state index in [-0.39, 0.29) is 41.8 Å². The maximum absolute atomic E-state index is 13.0. The minimum atomic E-state index is -0.568. The van der Waals surface area contributed by atoms with Crippen LogP contribution in [-0.4, -0.2) is 48.3 Å². The van der Waals surface area contributed by atoms with Crippen molar-refractivity contribution in [3.05, 3.63) is 18.0 Å². The van der Waals surface area contributed by atoms with Crippen LogP contribution in [-0.2, 0) is 14.3 Å². The van der Waals surface area contributed by atoms with Gasteiger partial charge in [0.05, 0.1) is 19.1 Å². The minimum Gasteiger partial charge on any atom is -0.503 e. The number of ether oxygens (including phenoxy) is 3. The summed E-state index contributed by atoms with van der Waals surface area (Å²) in [6.07, 6.45) is 10.6. The van der Waals surface area contributed by atoms with E-state index in [1.54, 1.807) is 7.11 Å². The van der Waals surface area contributed by atoms with Crippen molar-refractivity contribution in [2.45, 2.75) is 83.3 Å². The SMILES string of the molecule is COc1ccnc(C(=O)C[C@H]2CCCC[C@H](CC3CCCC3)[C@@H](OC)[C@H](C)OC2=O)c1O. The Bertz CT molecular complexity index is 776. The lowest BCUT2D eigenvalue weighted by molar-refractivity contribution is -0.163. The molecule has 7 heteroatoms. The van der Waals surface area contributed by atoms with Gasteiger partial charge >= 0.3 is 5.97 Å². The van der Waals surface area contributed by atoms with Crippen LogP contribution < -0.4 is 4.74 Å². The molecule has 1 aromatic rings. The highest BCUT2D eigenvalue weighted by atomic mass is 16.6. The summed E-state index contributed by atoms with van der Waals surface area (Å²) in [5.74, 6) is -0.329. The van der Waals surface area contributed by atoms with Crippen LogP contribution in [0.15, 0.2) is 12.3 Å². The molecule has 0 unspecified atom stereocenters. The van der Waals surface area contributed by atoms with Crippen LogP contribution >= 0.6 is 0 Å². The van der Waals surface area contributed by atoms with Crippen molar-refractivity contribution in [1.82, 2.24) is 4.98 Å². The van der Waals surface area contributed by atoms with Gasteiger partial charge in [0.2, 0.25) is 0 Å². The number of rotatable bonds is 7. The highest BCUT2D eigenvalue weighted by molar-refractivity contribution is 5.99. The van der Waals surface area contributed by atoms with Crippen molar-refractivity contribution >= 4 is 11.8 Å². The molecule has 1 saturated carbocycles. The molecule has 0 amide bonds. The van der Waals surface area contributed by atoms with Crippen molar-refractivity contribution in [2.75, 3.05) is 14.2 Å². The van der Waals surface area contributed by atoms with Crippen molar-refractivity contribution in [1.29, 1.82) is 0 Å². The predicted molar refractivity (Wildman–Crippen MR) is 120 cm³/mol. The fraction of sp³-hybridized carbons (Fsp3) is 0.720. The fourth-order valence-electron chi connectivity index (χ4n) is 5.43. The zero-order chi connectivity index (χ0) is 23.1. The molecule has 3 rings (SSSR count). The maximum atomic E-state index is 13.0. The number of Topliss-reactive ketones (excluding diaryl/α,β-unsaturated/α-hetero) is 1. The zero-order valence-electron chi connectivity index (χ0n) is 19.5. The van der Waals surface area contributed by atoms with Crippen LogP contribution in [0, 0.1) is 17.8 Å². The van der Waals surface area contributed by atoms with E-state index >= 15 is 0 Å². The van der Waals surface area contributed by atoms with Crippen LogP contribution in [0.5, 0.6) is 11.5 Å². The largest absolute Gasteiger partial charge is 0.503 e. The van der Waals surface area contributed by atoms with Crippen molar-refractivity contribution in [3.63, 3.8) is 0 Å². The van der Waals surface area contributed by atoms with Crippen LogP contribution in [0.3, 0.4) is 0 Å². The molecular formula is C25H37NO6. The van der Waals surface area contributed by atoms with E-state index in [2.05, 4.69) is 4.98 Å². The lowest BCUT2D eigenvalue weighted by atomic mass is 9.82. The first-order valence-electron chi connectivity index (χ1n) is 11.9. The quantitative estimate of drug-likeness (QED) is 0.478. The Labute approximate surface area is 190 Å². The third-order valence-corrected chi connectivity index (χ3v) is 7.13. The fourth-order valence-corrected chi connectivity index (χ4v) is 5.43. The Morgan fingerprint density at radius 3 is 2.53 bits per heavy atom. The summed E-state index contributed by atoms with van der Waals surface area (Å²) < 4.78 is 16.7. The first kappa shape index (κ1) is 24.5. The number of hydrogen-bond acceptors (Lipinski definition) is 7. The smallest absolute Gasteiger partial charge is 0.309 e. The molecule has 0 aromatic carbocycles. The van der Waals surface area contributed by atoms with Crippen molar-refractivity contribution in [2.24, 2.45) is 17.8 Å². The first-order valence-corrected chi connectivity index (χ1v) is 11.9. The standard InChI is InChI=1S/C25H37NO6/c1-16-24(31-3)18(14-17-8-4-5-9-17)10-6-7-11-19(25(29)32-16)15-20(27)22-23(28)21(30-2)12-13-26-22/h12-13,16-19,24,28H,4-11,14-15H2,1-3H3/t16-,18+,19+,24-/m0/s1. The van der Waals surface area contributed by atoms with Crippen LogP contribution in [0.25, 0.3) is 0 Å². The summed E-state index contributed by atoms with van der Waals surface area (Å²) in [6.45, 7) is 1.89. The van der Waals surface area contributed by atoms with Crippen molar-refractivity contribution < 1.29 is 28.9 Å². The van der Waals surface area contributed by atoms with Crippen molar-refractivity contribution in [3.8, 4) is 11.5 Å². The van der Waals surface area contributed by atoms with Gasteiger partial charge in [0.15, 0.2) is 23.0 Å². The van der Waals surface area contributed by atoms with E-state index in [0.29, 0.717) is 12.3 Å². The number of cyclic esters (lactones) is 1. The Morgan fingerprint density at radius 1 is 1.16 bits per heavy atom. The first-order chi connectivity index (χ1) is 15.4. The summed E-state index contributed by atoms with van der Waals surface area (Å²) in [5, 5.41) is 10.3. The third kappa shape index (κ3) is 6.00. The molecular weight excluding hydrogens is 410 g/mol. The van der Waals surface area contributed by atoms with Crippen LogP contribution in [0.4, 0.5) is 0 Å². The summed E-state index contributed by atoms with van der Waals surface area (Å²) in [5.41, 5.74) is -0.0753. The van der Waals surface area contributed by atoms with E-state index < -0.39 is 11.7 Å². The minimum absolute atomic E-state index is 0.0531. The normalized spacial score (nSPS) is 27.7. The molecule has 178 valence electrons. The molecule has 1 aromatic heterocycles. The molecule has 1 aliphatic heterocycles. The molecule has 1 aliphatic carbocycles. The monoisotopic (exact) mass is 447 g/mol. The molecule has 2 fully saturated rings. The molecule has 2 heterocycles. The van der Waals surface area contributed by atoms with Gasteiger partial charge in [0.25, 0.3) is 0 Å². The van der Waals surface area contributed by atoms with Gasteiger partial charge in [-0.05, 0) is 38.0 Å². The summed E-state index contributed by atoms with van der Waals surface area (Å²) >= 11 is 0. The number of esters is 1. The van der Waals surface area contributed by atoms with Gasteiger partial charge in [-0.25, -0.2) is 4.98 Å². The lowest BCUT2D eigenvalue weighted by Gasteiger charge is -2.34. The Balaban J connectivity index is 1.68. The van der Waals surface area contributed by atoms with Gasteiger partial charge in [-0.15, -0.1) is 0 Å². The molecule has 0 radical (unpaired) electrons. The topological polar surface area (TPSA) is 95.0 Å². The van der Waals surface area contributed by atoms with E-state index in [9.17, 15) is 14.7 Å². The summed E-state index contributed by atoms with van der Waals surface area (Å²) in [4.78, 5) is 29.8. The number of carbonyl (C=O) groups excluding carboxylic acids is 2. The van der Waals surface area contributed by atoms with E-state index in [1.807, 2.05) is 6.92 Å². The van der Waals surface area contributed by atoms with E-state index in [0.717, 1.165) is 31.6 Å². The number of pyridine rings is 1. The van der Waals surface area contributed by atoms with Gasteiger partial charge in [0.1, 0.15) is 6.10 Å². The average molecular weight is 448 g/mol. The van der Waals surface area contributed by atoms with Gasteiger partial charge in [-0.3, -0.25) is 9.59 Å². The van der Waals surface area contributed by atoms with Crippen LogP contribution in [0.2, 0.25) is 0 Å². The number of aromatic nitrogens is 1. The molecule has 1 saturated heterocycles. The molecule has 0 bridgehead atoms. The predicted octanol–water partition coefficient (Wildman–Crippen LogP) is 4.70. The van der Waals surface area contributed by atoms with Gasteiger partial charge in [-0.1, -0.05) is 38.5 Å². The molecule has 7 nitrogen and oxygen atoms in total. The molecule has 2 aliphatic rings. The van der Waals surface area contributed by atoms with Gasteiger partial charge in [0, 0.05) is 25.8 Å². The maximum Gasteiger partial charge on any atom is 0.309 e. The second-order valence-electron chi connectivity index (χ2n) is 9.31. The number of nitrogens with zero attached hydrogens (tertiary/aromatic N) is 1. The highest BCUT2D eigenvalue weighted by Gasteiger charge is 2.35. The molecule has 1 N–H and O–H groups in total. The molecule has 32 heavy (non-hydrogen) atoms. The Morgan fingerprint density at radius 2 is 1.84 bits per heavy atom. The number of ketones is 1. The van der Waals surface area contributed by atoms with E-state index in [4.69, 9.17) is 14.2 Å². The molecule has 4 atom stereocenters. The average Bonchev–Trinajstić information content (AvgIpc) is 3.28. The highest BCUT2D eigenvalue weighted by Crippen LogP contribution is 2.36. The summed E-state index contributed by atoms with van der Waals surface area (Å²) in [6, 6.07) is 1.48. The van der Waals surface area contributed by atoms with Gasteiger partial charge < -0.3 is 19.3 Å². The second kappa shape index (κ2) is 11.6. The number of aromatic hydroxyl groups is 1. The number of hydrogen-bond donors (Lipinski definition) is 1. The summed E-state index contributed by atoms with van der Waals surface area (Å²) in [7, 11) is 3.11. The lowest BCUT2D eigenvalue weighted by Crippen LogP contribution is -2.39. The Kier molecular flexibility index (Phi) is 8.91. The van der Waals surface area contributed by atoms with E-state index in [1.165, 1.54) is 45.1 Å².